The fourth-order valence-corrected chi connectivity index (χ4v) is 1.89. The van der Waals surface area contributed by atoms with Crippen molar-refractivity contribution in [3.8, 4) is 6.07 Å². The summed E-state index contributed by atoms with van der Waals surface area (Å²) >= 11 is 0. The monoisotopic (exact) mass is 245 g/mol. The molecule has 18 heavy (non-hydrogen) atoms. The van der Waals surface area contributed by atoms with Gasteiger partial charge in [0.05, 0.1) is 5.56 Å². The van der Waals surface area contributed by atoms with Gasteiger partial charge in [-0.1, -0.05) is 26.7 Å². The fourth-order valence-electron chi connectivity index (χ4n) is 1.89. The molecule has 98 valence electrons. The Morgan fingerprint density at radius 3 is 2.28 bits per heavy atom. The van der Waals surface area contributed by atoms with E-state index in [1.807, 2.05) is 19.1 Å². The Labute approximate surface area is 110 Å². The second-order valence-electron chi connectivity index (χ2n) is 4.63. The van der Waals surface area contributed by atoms with Gasteiger partial charge in [-0.15, -0.1) is 0 Å². The number of rotatable bonds is 7. The van der Waals surface area contributed by atoms with Gasteiger partial charge in [-0.3, -0.25) is 0 Å². The van der Waals surface area contributed by atoms with Crippen LogP contribution in [0.3, 0.4) is 0 Å². The number of unbranched alkanes of at least 4 members (excludes halogenated alkanes) is 2. The summed E-state index contributed by atoms with van der Waals surface area (Å²) in [6.45, 7) is 8.32. The number of nitrogens with zero attached hydrogens (tertiary/aromatic N) is 3. The lowest BCUT2D eigenvalue weighted by Crippen LogP contribution is -2.27. The number of hydrogen-bond acceptors (Lipinski definition) is 3. The van der Waals surface area contributed by atoms with E-state index >= 15 is 0 Å². The van der Waals surface area contributed by atoms with Gasteiger partial charge in [0.25, 0.3) is 0 Å². The van der Waals surface area contributed by atoms with Crippen molar-refractivity contribution in [3.63, 3.8) is 0 Å². The first-order valence-electron chi connectivity index (χ1n) is 6.85. The average molecular weight is 245 g/mol. The predicted molar refractivity (Wildman–Crippen MR) is 75.7 cm³/mol. The van der Waals surface area contributed by atoms with Crippen LogP contribution in [0.25, 0.3) is 0 Å². The molecular formula is C15H23N3. The summed E-state index contributed by atoms with van der Waals surface area (Å²) in [5, 5.41) is 9.19. The van der Waals surface area contributed by atoms with Crippen LogP contribution in [0, 0.1) is 18.3 Å². The molecule has 0 aromatic carbocycles. The van der Waals surface area contributed by atoms with Gasteiger partial charge in [0.2, 0.25) is 0 Å². The van der Waals surface area contributed by atoms with Crippen LogP contribution in [0.4, 0.5) is 5.82 Å². The molecule has 0 aliphatic heterocycles. The van der Waals surface area contributed by atoms with E-state index in [2.05, 4.69) is 29.8 Å². The molecule has 3 heteroatoms. The minimum atomic E-state index is 0.688. The van der Waals surface area contributed by atoms with Crippen LogP contribution in [0.2, 0.25) is 0 Å². The van der Waals surface area contributed by atoms with Crippen LogP contribution >= 0.6 is 0 Å². The molecule has 0 unspecified atom stereocenters. The molecule has 1 aromatic rings. The largest absolute Gasteiger partial charge is 0.356 e. The molecule has 0 radical (unpaired) electrons. The number of nitriles is 1. The Kier molecular flexibility index (Phi) is 6.21. The maximum Gasteiger partial charge on any atom is 0.146 e. The van der Waals surface area contributed by atoms with Crippen molar-refractivity contribution in [2.45, 2.75) is 46.5 Å². The minimum Gasteiger partial charge on any atom is -0.356 e. The lowest BCUT2D eigenvalue weighted by molar-refractivity contribution is 0.670. The van der Waals surface area contributed by atoms with Gasteiger partial charge >= 0.3 is 0 Å². The van der Waals surface area contributed by atoms with Gasteiger partial charge in [0.1, 0.15) is 11.9 Å². The van der Waals surface area contributed by atoms with Crippen molar-refractivity contribution >= 4 is 5.82 Å². The second kappa shape index (κ2) is 7.71. The first kappa shape index (κ1) is 14.5. The molecule has 1 aromatic heterocycles. The molecule has 0 aliphatic rings. The third kappa shape index (κ3) is 4.03. The van der Waals surface area contributed by atoms with E-state index in [1.165, 1.54) is 0 Å². The molecule has 0 N–H and O–H groups in total. The van der Waals surface area contributed by atoms with Crippen LogP contribution in [-0.4, -0.2) is 18.1 Å². The zero-order valence-corrected chi connectivity index (χ0v) is 11.7. The average Bonchev–Trinajstić information content (AvgIpc) is 2.39. The highest BCUT2D eigenvalue weighted by molar-refractivity contribution is 5.54. The Morgan fingerprint density at radius 2 is 1.78 bits per heavy atom. The van der Waals surface area contributed by atoms with E-state index in [0.29, 0.717) is 5.56 Å². The van der Waals surface area contributed by atoms with E-state index in [-0.39, 0.29) is 0 Å². The van der Waals surface area contributed by atoms with Gasteiger partial charge < -0.3 is 4.90 Å². The highest BCUT2D eigenvalue weighted by Crippen LogP contribution is 2.19. The molecule has 0 amide bonds. The van der Waals surface area contributed by atoms with Crippen LogP contribution in [-0.2, 0) is 0 Å². The SMILES string of the molecule is CCCCN(CCCC)c1nc(C)ccc1C#N. The van der Waals surface area contributed by atoms with E-state index < -0.39 is 0 Å². The number of hydrogen-bond donors (Lipinski definition) is 0. The van der Waals surface area contributed by atoms with Crippen molar-refractivity contribution in [1.82, 2.24) is 4.98 Å². The number of aryl methyl sites for hydroxylation is 1. The van der Waals surface area contributed by atoms with Crippen molar-refractivity contribution in [1.29, 1.82) is 5.26 Å². The lowest BCUT2D eigenvalue weighted by atomic mass is 10.2. The van der Waals surface area contributed by atoms with Crippen molar-refractivity contribution < 1.29 is 0 Å². The topological polar surface area (TPSA) is 39.9 Å². The Balaban J connectivity index is 2.95. The van der Waals surface area contributed by atoms with Gasteiger partial charge in [-0.05, 0) is 31.9 Å². The van der Waals surface area contributed by atoms with E-state index in [4.69, 9.17) is 0 Å². The summed E-state index contributed by atoms with van der Waals surface area (Å²) in [5.41, 5.74) is 1.66. The summed E-state index contributed by atoms with van der Waals surface area (Å²) in [6, 6.07) is 6.03. The van der Waals surface area contributed by atoms with Crippen molar-refractivity contribution in [3.05, 3.63) is 23.4 Å². The molecule has 0 saturated heterocycles. The standard InChI is InChI=1S/C15H23N3/c1-4-6-10-18(11-7-5-2)15-14(12-16)9-8-13(3)17-15/h8-9H,4-7,10-11H2,1-3H3. The first-order chi connectivity index (χ1) is 8.72. The summed E-state index contributed by atoms with van der Waals surface area (Å²) in [5.74, 6) is 0.861. The highest BCUT2D eigenvalue weighted by atomic mass is 15.2. The van der Waals surface area contributed by atoms with E-state index in [9.17, 15) is 5.26 Å². The van der Waals surface area contributed by atoms with Crippen LogP contribution in [0.15, 0.2) is 12.1 Å². The van der Waals surface area contributed by atoms with Crippen LogP contribution in [0.1, 0.15) is 50.8 Å². The van der Waals surface area contributed by atoms with E-state index in [0.717, 1.165) is 50.3 Å². The Hall–Kier alpha value is -1.56. The van der Waals surface area contributed by atoms with Crippen LogP contribution < -0.4 is 4.90 Å². The van der Waals surface area contributed by atoms with Gasteiger partial charge in [-0.2, -0.15) is 5.26 Å². The normalized spacial score (nSPS) is 10.1. The lowest BCUT2D eigenvalue weighted by Gasteiger charge is -2.24. The molecule has 0 saturated carbocycles. The molecule has 1 heterocycles. The number of anilines is 1. The number of aromatic nitrogens is 1. The molecule has 0 spiro atoms. The quantitative estimate of drug-likeness (QED) is 0.736. The predicted octanol–water partition coefficient (Wildman–Crippen LogP) is 3.67. The summed E-state index contributed by atoms with van der Waals surface area (Å²) in [4.78, 5) is 6.82. The third-order valence-electron chi connectivity index (χ3n) is 3.00. The Morgan fingerprint density at radius 1 is 1.17 bits per heavy atom. The van der Waals surface area contributed by atoms with Crippen molar-refractivity contribution in [2.75, 3.05) is 18.0 Å². The van der Waals surface area contributed by atoms with E-state index in [1.54, 1.807) is 0 Å². The summed E-state index contributed by atoms with van der Waals surface area (Å²) < 4.78 is 0. The minimum absolute atomic E-state index is 0.688. The molecule has 1 rings (SSSR count). The smallest absolute Gasteiger partial charge is 0.146 e. The maximum absolute atomic E-state index is 9.19. The molecule has 0 fully saturated rings. The maximum atomic E-state index is 9.19. The molecule has 0 bridgehead atoms. The molecule has 0 atom stereocenters. The van der Waals surface area contributed by atoms with Crippen molar-refractivity contribution in [2.24, 2.45) is 0 Å². The fraction of sp³-hybridized carbons (Fsp3) is 0.600. The molecular weight excluding hydrogens is 222 g/mol. The summed E-state index contributed by atoms with van der Waals surface area (Å²) in [7, 11) is 0. The highest BCUT2D eigenvalue weighted by Gasteiger charge is 2.12. The first-order valence-corrected chi connectivity index (χ1v) is 6.85. The zero-order valence-electron chi connectivity index (χ0n) is 11.7. The van der Waals surface area contributed by atoms with Gasteiger partial charge in [0.15, 0.2) is 0 Å². The summed E-state index contributed by atoms with van der Waals surface area (Å²) in [6.07, 6.45) is 4.61. The Bertz CT molecular complexity index is 399. The molecule has 3 nitrogen and oxygen atoms in total. The van der Waals surface area contributed by atoms with Crippen LogP contribution in [0.5, 0.6) is 0 Å². The molecule has 0 aliphatic carbocycles. The van der Waals surface area contributed by atoms with Gasteiger partial charge in [0, 0.05) is 18.8 Å². The third-order valence-corrected chi connectivity index (χ3v) is 3.00. The second-order valence-corrected chi connectivity index (χ2v) is 4.63. The number of pyridine rings is 1. The zero-order chi connectivity index (χ0) is 13.4. The van der Waals surface area contributed by atoms with Gasteiger partial charge in [-0.25, -0.2) is 4.98 Å².